The molecule has 0 spiro atoms. The van der Waals surface area contributed by atoms with E-state index in [2.05, 4.69) is 78.7 Å². The number of ketones is 1. The highest BCUT2D eigenvalue weighted by Crippen LogP contribution is 2.37. The molecule has 2 heteroatoms. The van der Waals surface area contributed by atoms with Gasteiger partial charge in [-0.15, -0.1) is 0 Å². The van der Waals surface area contributed by atoms with Crippen LogP contribution >= 0.6 is 0 Å². The van der Waals surface area contributed by atoms with Crippen LogP contribution in [0.5, 0.6) is 0 Å². The number of benzene rings is 2. The second kappa shape index (κ2) is 14.0. The van der Waals surface area contributed by atoms with Crippen molar-refractivity contribution in [1.82, 2.24) is 5.32 Å². The number of nitrogens with one attached hydrogen (secondary N) is 1. The molecule has 1 aliphatic rings. The Morgan fingerprint density at radius 2 is 1.50 bits per heavy atom. The van der Waals surface area contributed by atoms with Gasteiger partial charge in [-0.25, -0.2) is 0 Å². The van der Waals surface area contributed by atoms with Crippen molar-refractivity contribution in [2.24, 2.45) is 0 Å². The minimum atomic E-state index is -0.102. The third-order valence-corrected chi connectivity index (χ3v) is 4.55. The van der Waals surface area contributed by atoms with Crippen LogP contribution in [0.15, 0.2) is 78.5 Å². The molecule has 0 saturated carbocycles. The fraction of sp³-hybridized carbons (Fsp3) is 0.321. The smallest absolute Gasteiger partial charge is 0.141 e. The van der Waals surface area contributed by atoms with E-state index in [0.29, 0.717) is 0 Å². The molecule has 2 atom stereocenters. The lowest BCUT2D eigenvalue weighted by atomic mass is 9.83. The van der Waals surface area contributed by atoms with Crippen molar-refractivity contribution in [3.05, 3.63) is 89.6 Å². The van der Waals surface area contributed by atoms with E-state index in [-0.39, 0.29) is 24.2 Å². The summed E-state index contributed by atoms with van der Waals surface area (Å²) in [6.45, 7) is 11.7. The van der Waals surface area contributed by atoms with E-state index >= 15 is 0 Å². The molecular formula is C28H35NO. The van der Waals surface area contributed by atoms with E-state index in [4.69, 9.17) is 0 Å². The van der Waals surface area contributed by atoms with Crippen LogP contribution in [0.2, 0.25) is 0 Å². The van der Waals surface area contributed by atoms with Crippen LogP contribution in [-0.2, 0) is 4.79 Å². The standard InChI is InChI=1S/C24H23NO.2C2H6/c1-18(26)10-9-15-23-19(2)24(21-13-7-4-8-14-21)22(16-17-25-23)20-11-5-3-6-12-20;2*1-2/h3-8,11-14,16-17,22-23,25H,10H2,1-2H3;2*1-2H3. The minimum Gasteiger partial charge on any atom is -0.374 e. The van der Waals surface area contributed by atoms with Crippen molar-refractivity contribution in [3.63, 3.8) is 0 Å². The molecule has 0 saturated heterocycles. The molecule has 1 N–H and O–H groups in total. The fourth-order valence-electron chi connectivity index (χ4n) is 3.26. The Bertz CT molecular complexity index is 882. The van der Waals surface area contributed by atoms with Gasteiger partial charge in [0, 0.05) is 5.92 Å². The molecule has 1 heterocycles. The highest BCUT2D eigenvalue weighted by Gasteiger charge is 2.23. The molecular weight excluding hydrogens is 366 g/mol. The first-order chi connectivity index (χ1) is 14.7. The van der Waals surface area contributed by atoms with E-state index in [1.54, 1.807) is 6.92 Å². The number of rotatable bonds is 3. The van der Waals surface area contributed by atoms with Gasteiger partial charge in [0.2, 0.25) is 0 Å². The molecule has 1 aliphatic heterocycles. The summed E-state index contributed by atoms with van der Waals surface area (Å²) >= 11 is 0. The Morgan fingerprint density at radius 1 is 0.933 bits per heavy atom. The van der Waals surface area contributed by atoms with Gasteiger partial charge in [0.1, 0.15) is 11.8 Å². The van der Waals surface area contributed by atoms with Crippen molar-refractivity contribution in [2.45, 2.75) is 59.9 Å². The summed E-state index contributed by atoms with van der Waals surface area (Å²) in [5.41, 5.74) is 4.90. The zero-order valence-electron chi connectivity index (χ0n) is 19.2. The van der Waals surface area contributed by atoms with Crippen molar-refractivity contribution in [2.75, 3.05) is 0 Å². The molecule has 2 aromatic rings. The van der Waals surface area contributed by atoms with Crippen LogP contribution in [0, 0.1) is 11.8 Å². The number of hydrogen-bond donors (Lipinski definition) is 1. The zero-order chi connectivity index (χ0) is 22.4. The lowest BCUT2D eigenvalue weighted by molar-refractivity contribution is -0.116. The van der Waals surface area contributed by atoms with E-state index in [1.807, 2.05) is 46.0 Å². The van der Waals surface area contributed by atoms with Gasteiger partial charge < -0.3 is 5.32 Å². The fourth-order valence-corrected chi connectivity index (χ4v) is 3.26. The molecule has 2 nitrogen and oxygen atoms in total. The molecule has 0 fully saturated rings. The Morgan fingerprint density at radius 3 is 2.07 bits per heavy atom. The summed E-state index contributed by atoms with van der Waals surface area (Å²) in [6, 6.07) is 20.9. The van der Waals surface area contributed by atoms with Crippen molar-refractivity contribution in [1.29, 1.82) is 0 Å². The molecule has 2 aromatic carbocycles. The second-order valence-corrected chi connectivity index (χ2v) is 6.51. The first-order valence-corrected chi connectivity index (χ1v) is 10.9. The molecule has 3 rings (SSSR count). The maximum atomic E-state index is 11.2. The van der Waals surface area contributed by atoms with Crippen LogP contribution in [0.4, 0.5) is 0 Å². The monoisotopic (exact) mass is 401 g/mol. The van der Waals surface area contributed by atoms with Gasteiger partial charge in [-0.2, -0.15) is 0 Å². The van der Waals surface area contributed by atoms with Crippen LogP contribution in [0.1, 0.15) is 65.0 Å². The van der Waals surface area contributed by atoms with Gasteiger partial charge >= 0.3 is 0 Å². The third kappa shape index (κ3) is 7.08. The molecule has 2 unspecified atom stereocenters. The van der Waals surface area contributed by atoms with Crippen LogP contribution in [0.3, 0.4) is 0 Å². The van der Waals surface area contributed by atoms with Crippen LogP contribution < -0.4 is 5.32 Å². The first kappa shape index (κ1) is 25.0. The summed E-state index contributed by atoms with van der Waals surface area (Å²) in [5.74, 6) is 6.48. The van der Waals surface area contributed by atoms with Crippen LogP contribution in [0.25, 0.3) is 5.57 Å². The lowest BCUT2D eigenvalue weighted by Gasteiger charge is -2.21. The topological polar surface area (TPSA) is 29.1 Å². The van der Waals surface area contributed by atoms with Gasteiger partial charge in [-0.3, -0.25) is 4.79 Å². The largest absolute Gasteiger partial charge is 0.374 e. The maximum Gasteiger partial charge on any atom is 0.141 e. The van der Waals surface area contributed by atoms with E-state index in [0.717, 1.165) is 0 Å². The van der Waals surface area contributed by atoms with E-state index in [1.165, 1.54) is 22.3 Å². The number of hydrogen-bond acceptors (Lipinski definition) is 2. The third-order valence-electron chi connectivity index (χ3n) is 4.55. The van der Waals surface area contributed by atoms with Gasteiger partial charge in [0.05, 0.1) is 6.42 Å². The summed E-state index contributed by atoms with van der Waals surface area (Å²) < 4.78 is 0. The number of carbonyl (C=O) groups excluding carboxylic acids is 1. The summed E-state index contributed by atoms with van der Waals surface area (Å²) in [4.78, 5) is 11.2. The first-order valence-electron chi connectivity index (χ1n) is 10.9. The molecule has 0 aliphatic carbocycles. The van der Waals surface area contributed by atoms with Gasteiger partial charge in [-0.05, 0) is 42.3 Å². The minimum absolute atomic E-state index is 0.0914. The Labute approximate surface area is 183 Å². The van der Waals surface area contributed by atoms with Crippen molar-refractivity contribution in [3.8, 4) is 11.8 Å². The second-order valence-electron chi connectivity index (χ2n) is 6.51. The predicted molar refractivity (Wildman–Crippen MR) is 130 cm³/mol. The summed E-state index contributed by atoms with van der Waals surface area (Å²) in [6.07, 6.45) is 4.47. The van der Waals surface area contributed by atoms with Crippen molar-refractivity contribution >= 4 is 11.4 Å². The highest BCUT2D eigenvalue weighted by molar-refractivity contribution is 5.79. The predicted octanol–water partition coefficient (Wildman–Crippen LogP) is 6.76. The molecule has 0 aromatic heterocycles. The van der Waals surface area contributed by atoms with E-state index in [9.17, 15) is 4.79 Å². The molecule has 30 heavy (non-hydrogen) atoms. The SMILES string of the molecule is CC.CC.CC(=O)CC#CC1NC=CC(c2ccccc2)C(c2ccccc2)=C1C. The molecule has 0 radical (unpaired) electrons. The Balaban J connectivity index is 0.00000106. The Hall–Kier alpha value is -3.05. The van der Waals surface area contributed by atoms with Crippen LogP contribution in [-0.4, -0.2) is 11.8 Å². The molecule has 158 valence electrons. The lowest BCUT2D eigenvalue weighted by Crippen LogP contribution is -2.23. The number of allylic oxidation sites excluding steroid dienone is 2. The maximum absolute atomic E-state index is 11.2. The Kier molecular flexibility index (Phi) is 11.7. The average molecular weight is 402 g/mol. The summed E-state index contributed by atoms with van der Waals surface area (Å²) in [5, 5.41) is 3.38. The number of carbonyl (C=O) groups is 1. The quantitative estimate of drug-likeness (QED) is 0.575. The van der Waals surface area contributed by atoms with Crippen molar-refractivity contribution < 1.29 is 4.79 Å². The summed E-state index contributed by atoms with van der Waals surface area (Å²) in [7, 11) is 0. The molecule has 0 bridgehead atoms. The zero-order valence-corrected chi connectivity index (χ0v) is 19.2. The number of Topliss-reactive ketones (excluding diaryl/α,β-unsaturated/α-hetero) is 1. The molecule has 0 amide bonds. The van der Waals surface area contributed by atoms with Gasteiger partial charge in [0.15, 0.2) is 0 Å². The highest BCUT2D eigenvalue weighted by atomic mass is 16.1. The van der Waals surface area contributed by atoms with E-state index < -0.39 is 0 Å². The average Bonchev–Trinajstić information content (AvgIpc) is 2.96. The van der Waals surface area contributed by atoms with Gasteiger partial charge in [0.25, 0.3) is 0 Å². The normalized spacial score (nSPS) is 17.0. The van der Waals surface area contributed by atoms with Gasteiger partial charge in [-0.1, -0.05) is 106 Å².